The molecule has 1 aliphatic rings. The van der Waals surface area contributed by atoms with Crippen LogP contribution in [0.15, 0.2) is 273 Å². The summed E-state index contributed by atoms with van der Waals surface area (Å²) in [5, 5.41) is 2.06. The number of carbonyl (C=O) groups is 1. The van der Waals surface area contributed by atoms with Gasteiger partial charge in [0.15, 0.2) is 17.4 Å². The van der Waals surface area contributed by atoms with E-state index in [1.54, 1.807) is 0 Å². The number of rotatable bonds is 11. The fourth-order valence-electron chi connectivity index (χ4n) is 13.8. The van der Waals surface area contributed by atoms with Crippen molar-refractivity contribution in [1.82, 2.24) is 19.5 Å². The van der Waals surface area contributed by atoms with Crippen LogP contribution in [0.3, 0.4) is 0 Å². The normalized spacial score (nSPS) is 12.3. The molecule has 14 aromatic rings. The molecule has 12 aromatic carbocycles. The first-order chi connectivity index (χ1) is 42.6. The second-order valence-electron chi connectivity index (χ2n) is 23.6. The molecule has 15 rings (SSSR count). The van der Waals surface area contributed by atoms with Crippen molar-refractivity contribution < 1.29 is 4.79 Å². The predicted octanol–water partition coefficient (Wildman–Crippen LogP) is 20.8. The summed E-state index contributed by atoms with van der Waals surface area (Å²) < 4.78 is 2.15. The average molecular weight is 1120 g/mol. The minimum absolute atomic E-state index is 0.0523. The molecule has 0 bridgehead atoms. The lowest BCUT2D eigenvalue weighted by atomic mass is 9.80. The number of ketones is 1. The topological polar surface area (TPSA) is 60.7 Å². The summed E-state index contributed by atoms with van der Waals surface area (Å²) in [7, 11) is 0. The Balaban J connectivity index is 0.902. The Morgan fingerprint density at radius 2 is 0.759 bits per heavy atom. The largest absolute Gasteiger partial charge is 0.289 e. The van der Waals surface area contributed by atoms with Gasteiger partial charge in [0, 0.05) is 38.4 Å². The summed E-state index contributed by atoms with van der Waals surface area (Å²) in [5.41, 5.74) is 27.2. The molecule has 5 heteroatoms. The molecule has 0 atom stereocenters. The molecule has 0 N–H and O–H groups in total. The molecule has 1 aliphatic carbocycles. The Bertz CT molecular complexity index is 4960. The summed E-state index contributed by atoms with van der Waals surface area (Å²) in [6.45, 7) is 11.5. The van der Waals surface area contributed by atoms with Crippen molar-refractivity contribution in [1.29, 1.82) is 0 Å². The van der Waals surface area contributed by atoms with Crippen molar-refractivity contribution in [2.75, 3.05) is 0 Å². The number of nitrogens with zero attached hydrogens (tertiary/aromatic N) is 4. The lowest BCUT2D eigenvalue weighted by Crippen LogP contribution is -2.15. The van der Waals surface area contributed by atoms with Gasteiger partial charge in [-0.3, -0.25) is 9.36 Å². The molecule has 0 amide bonds. The lowest BCUT2D eigenvalue weighted by molar-refractivity contribution is 0.103. The third-order valence-corrected chi connectivity index (χ3v) is 18.0. The Labute approximate surface area is 507 Å². The molecule has 2 aromatic heterocycles. The van der Waals surface area contributed by atoms with Crippen LogP contribution < -0.4 is 0 Å². The van der Waals surface area contributed by atoms with Crippen molar-refractivity contribution in [2.24, 2.45) is 0 Å². The lowest BCUT2D eigenvalue weighted by Gasteiger charge is -2.23. The Morgan fingerprint density at radius 3 is 1.36 bits per heavy atom. The third kappa shape index (κ3) is 9.18. The molecule has 2 heterocycles. The molecular formula is C82H60N4O. The summed E-state index contributed by atoms with van der Waals surface area (Å²) >= 11 is 0. The van der Waals surface area contributed by atoms with Crippen molar-refractivity contribution in [3.63, 3.8) is 0 Å². The molecular weight excluding hydrogens is 1060 g/mol. The van der Waals surface area contributed by atoms with Gasteiger partial charge in [0.05, 0.1) is 11.0 Å². The van der Waals surface area contributed by atoms with Gasteiger partial charge < -0.3 is 0 Å². The van der Waals surface area contributed by atoms with Crippen LogP contribution >= 0.6 is 0 Å². The zero-order valence-electron chi connectivity index (χ0n) is 49.2. The van der Waals surface area contributed by atoms with E-state index in [1.807, 2.05) is 72.8 Å². The molecule has 0 aliphatic heterocycles. The molecule has 87 heavy (non-hydrogen) atoms. The number of benzene rings is 12. The molecule has 0 saturated carbocycles. The Hall–Kier alpha value is -10.9. The molecule has 0 unspecified atom stereocenters. The highest BCUT2D eigenvalue weighted by Gasteiger charge is 2.36. The molecule has 414 valence electrons. The molecule has 0 saturated heterocycles. The minimum Gasteiger partial charge on any atom is -0.289 e. The highest BCUT2D eigenvalue weighted by Crippen LogP contribution is 2.51. The summed E-state index contributed by atoms with van der Waals surface area (Å²) in [5.74, 6) is 1.48. The maximum Gasteiger partial charge on any atom is 0.238 e. The van der Waals surface area contributed by atoms with Gasteiger partial charge >= 0.3 is 0 Å². The molecule has 0 fully saturated rings. The van der Waals surface area contributed by atoms with E-state index in [0.29, 0.717) is 28.7 Å². The quantitative estimate of drug-likeness (QED) is 0.121. The summed E-state index contributed by atoms with van der Waals surface area (Å²) in [6, 6.07) is 96.0. The second-order valence-corrected chi connectivity index (χ2v) is 23.6. The van der Waals surface area contributed by atoms with Crippen LogP contribution in [0.25, 0.3) is 128 Å². The van der Waals surface area contributed by atoms with Crippen LogP contribution in [-0.2, 0) is 5.41 Å². The first kappa shape index (κ1) is 52.9. The number of aromatic nitrogens is 4. The van der Waals surface area contributed by atoms with E-state index >= 15 is 0 Å². The van der Waals surface area contributed by atoms with E-state index in [9.17, 15) is 4.79 Å². The summed E-state index contributed by atoms with van der Waals surface area (Å²) in [4.78, 5) is 30.5. The van der Waals surface area contributed by atoms with Gasteiger partial charge in [-0.2, -0.15) is 9.97 Å². The van der Waals surface area contributed by atoms with Crippen molar-refractivity contribution in [3.05, 3.63) is 312 Å². The van der Waals surface area contributed by atoms with E-state index in [2.05, 4.69) is 239 Å². The Morgan fingerprint density at radius 1 is 0.322 bits per heavy atom. The zero-order valence-corrected chi connectivity index (χ0v) is 49.2. The average Bonchev–Trinajstić information content (AvgIpc) is 2.12. The first-order valence-electron chi connectivity index (χ1n) is 29.9. The van der Waals surface area contributed by atoms with Crippen molar-refractivity contribution >= 4 is 27.6 Å². The maximum atomic E-state index is 14.3. The number of hydrogen-bond acceptors (Lipinski definition) is 4. The van der Waals surface area contributed by atoms with Gasteiger partial charge in [-0.15, -0.1) is 0 Å². The second kappa shape index (κ2) is 21.3. The first-order valence-corrected chi connectivity index (χ1v) is 29.9. The van der Waals surface area contributed by atoms with E-state index in [0.717, 1.165) is 66.3 Å². The van der Waals surface area contributed by atoms with Gasteiger partial charge in [-0.05, 0) is 175 Å². The van der Waals surface area contributed by atoms with Gasteiger partial charge in [0.2, 0.25) is 5.95 Å². The van der Waals surface area contributed by atoms with Gasteiger partial charge in [0.25, 0.3) is 0 Å². The van der Waals surface area contributed by atoms with E-state index in [4.69, 9.17) is 15.0 Å². The monoisotopic (exact) mass is 1120 g/mol. The number of hydrogen-bond donors (Lipinski definition) is 0. The fourth-order valence-corrected chi connectivity index (χ4v) is 13.8. The van der Waals surface area contributed by atoms with Crippen LogP contribution in [0.2, 0.25) is 0 Å². The standard InChI is InChI=1S/C82H60N4O/c1-51-75(55-27-13-7-14-28-55)52(2)77(53(3)76(51)56-29-15-8-16-30-56)61-37-23-35-59(43-61)65-45-64(54-25-11-6-12-26-54)46-66(47-65)60-36-24-38-63(44-60)80-83-79(58-33-19-10-20-34-58)84-81(85-80)86-73-48-62(78(87)57-31-17-9-18-32-57)41-42-68(73)70-49-69-67-39-21-22-40-71(67)82(4,5)72(69)50-74(70)86/h6-50H,1-5H3. The smallest absolute Gasteiger partial charge is 0.238 e. The zero-order chi connectivity index (χ0) is 58.9. The number of carbonyl (C=O) groups excluding carboxylic acids is 1. The summed E-state index contributed by atoms with van der Waals surface area (Å²) in [6.07, 6.45) is 0. The Kier molecular flexibility index (Phi) is 13.0. The highest BCUT2D eigenvalue weighted by molar-refractivity contribution is 6.15. The molecule has 5 nitrogen and oxygen atoms in total. The molecule has 0 radical (unpaired) electrons. The van der Waals surface area contributed by atoms with Crippen LogP contribution in [-0.4, -0.2) is 25.3 Å². The predicted molar refractivity (Wildman–Crippen MR) is 359 cm³/mol. The highest BCUT2D eigenvalue weighted by atomic mass is 16.1. The van der Waals surface area contributed by atoms with Gasteiger partial charge in [-0.1, -0.05) is 238 Å². The van der Waals surface area contributed by atoms with Gasteiger partial charge in [-0.25, -0.2) is 4.98 Å². The minimum atomic E-state index is -0.269. The van der Waals surface area contributed by atoms with Crippen molar-refractivity contribution in [2.45, 2.75) is 40.0 Å². The van der Waals surface area contributed by atoms with E-state index < -0.39 is 0 Å². The van der Waals surface area contributed by atoms with E-state index in [1.165, 1.54) is 72.3 Å². The van der Waals surface area contributed by atoms with Crippen molar-refractivity contribution in [3.8, 4) is 107 Å². The van der Waals surface area contributed by atoms with Crippen LogP contribution in [0, 0.1) is 20.8 Å². The SMILES string of the molecule is Cc1c(-c2ccccc2)c(C)c(-c2cccc(-c3cc(-c4ccccc4)cc(-c4cccc(-c5nc(-c6ccccc6)nc(-n6c7cc(C(=O)c8ccccc8)ccc7c7cc8c(cc76)C(C)(C)c6ccccc6-8)n5)c4)c3)c2)c(C)c1-c1ccccc1. The third-order valence-electron chi connectivity index (χ3n) is 18.0. The van der Waals surface area contributed by atoms with Crippen LogP contribution in [0.4, 0.5) is 0 Å². The van der Waals surface area contributed by atoms with E-state index in [-0.39, 0.29) is 11.2 Å². The number of fused-ring (bicyclic) bond motifs is 6. The van der Waals surface area contributed by atoms with Crippen LogP contribution in [0.5, 0.6) is 0 Å². The fraction of sp³-hybridized carbons (Fsp3) is 0.0732. The van der Waals surface area contributed by atoms with Crippen LogP contribution in [0.1, 0.15) is 57.6 Å². The van der Waals surface area contributed by atoms with Gasteiger partial charge in [0.1, 0.15) is 0 Å². The molecule has 0 spiro atoms. The maximum absolute atomic E-state index is 14.3.